The molecular formula is C30H50O4. The number of allylic oxidation sites excluding steroid dienone is 2. The monoisotopic (exact) mass is 474 g/mol. The van der Waals surface area contributed by atoms with Crippen molar-refractivity contribution in [2.24, 2.45) is 50.2 Å². The molecule has 0 spiro atoms. The molecule has 5 rings (SSSR count). The van der Waals surface area contributed by atoms with Gasteiger partial charge in [0.1, 0.15) is 0 Å². The van der Waals surface area contributed by atoms with Crippen LogP contribution in [0.15, 0.2) is 11.6 Å². The summed E-state index contributed by atoms with van der Waals surface area (Å²) < 4.78 is 0. The van der Waals surface area contributed by atoms with Gasteiger partial charge >= 0.3 is 0 Å². The zero-order chi connectivity index (χ0) is 24.9. The third-order valence-electron chi connectivity index (χ3n) is 13.2. The minimum Gasteiger partial charge on any atom is -0.396 e. The Labute approximate surface area is 207 Å². The first-order valence-corrected chi connectivity index (χ1v) is 14.0. The SMILES string of the molecule is CC1(C)CC[C@@]2(CO)CC[C@]3(C)C(=CC[C@@H]4[C@@]5(C)C[C@@H](O)[C@@H](O)[C@](C)(CO)[C@@H]5CC[C@]43C)[C@H]2C1. The minimum atomic E-state index is -0.866. The molecule has 5 aliphatic carbocycles. The first-order chi connectivity index (χ1) is 15.7. The summed E-state index contributed by atoms with van der Waals surface area (Å²) in [6, 6.07) is 0. The average molecular weight is 475 g/mol. The highest BCUT2D eigenvalue weighted by molar-refractivity contribution is 5.34. The molecule has 0 aromatic heterocycles. The Hall–Kier alpha value is -0.420. The Morgan fingerprint density at radius 1 is 0.824 bits per heavy atom. The van der Waals surface area contributed by atoms with E-state index in [0.29, 0.717) is 30.3 Å². The van der Waals surface area contributed by atoms with Crippen molar-refractivity contribution in [3.05, 3.63) is 11.6 Å². The molecule has 4 nitrogen and oxygen atoms in total. The zero-order valence-corrected chi connectivity index (χ0v) is 22.5. The van der Waals surface area contributed by atoms with Gasteiger partial charge in [-0.2, -0.15) is 0 Å². The second-order valence-electron chi connectivity index (χ2n) is 15.1. The van der Waals surface area contributed by atoms with Gasteiger partial charge in [-0.15, -0.1) is 0 Å². The van der Waals surface area contributed by atoms with Crippen LogP contribution in [0.4, 0.5) is 0 Å². The molecule has 5 aliphatic rings. The van der Waals surface area contributed by atoms with Crippen LogP contribution in [0, 0.1) is 50.2 Å². The van der Waals surface area contributed by atoms with Gasteiger partial charge in [-0.1, -0.05) is 53.2 Å². The van der Waals surface area contributed by atoms with Gasteiger partial charge in [-0.05, 0) is 97.2 Å². The van der Waals surface area contributed by atoms with Gasteiger partial charge in [-0.25, -0.2) is 0 Å². The Morgan fingerprint density at radius 2 is 1.50 bits per heavy atom. The average Bonchev–Trinajstić information content (AvgIpc) is 2.77. The molecule has 4 saturated carbocycles. The summed E-state index contributed by atoms with van der Waals surface area (Å²) in [5.41, 5.74) is 1.42. The molecule has 0 aromatic carbocycles. The predicted molar refractivity (Wildman–Crippen MR) is 135 cm³/mol. The predicted octanol–water partition coefficient (Wildman–Crippen LogP) is 5.08. The van der Waals surface area contributed by atoms with Gasteiger partial charge in [0.15, 0.2) is 0 Å². The van der Waals surface area contributed by atoms with Crippen LogP contribution in [-0.4, -0.2) is 45.8 Å². The summed E-state index contributed by atoms with van der Waals surface area (Å²) in [5.74, 6) is 1.08. The van der Waals surface area contributed by atoms with Crippen molar-refractivity contribution < 1.29 is 20.4 Å². The highest BCUT2D eigenvalue weighted by atomic mass is 16.3. The molecule has 0 heterocycles. The van der Waals surface area contributed by atoms with Crippen molar-refractivity contribution in [1.29, 1.82) is 0 Å². The van der Waals surface area contributed by atoms with Crippen LogP contribution in [0.3, 0.4) is 0 Å². The summed E-state index contributed by atoms with van der Waals surface area (Å²) in [6.45, 7) is 14.4. The largest absolute Gasteiger partial charge is 0.396 e. The van der Waals surface area contributed by atoms with E-state index in [1.54, 1.807) is 5.57 Å². The van der Waals surface area contributed by atoms with Gasteiger partial charge in [0, 0.05) is 17.4 Å². The van der Waals surface area contributed by atoms with E-state index in [4.69, 9.17) is 0 Å². The lowest BCUT2D eigenvalue weighted by Gasteiger charge is -2.71. The standard InChI is InChI=1S/C30H50O4/c1-25(2)11-13-30(18-32)14-12-28(5)19(20(30)15-25)7-8-23-26(3)16-21(33)24(34)27(4,17-31)22(26)9-10-29(23,28)6/h7,20-24,31-34H,8-18H2,1-6H3/t20-,21-,22-,23-,24-,26+,27-,28-,29-,30+/m1/s1. The van der Waals surface area contributed by atoms with Gasteiger partial charge in [0.05, 0.1) is 18.8 Å². The van der Waals surface area contributed by atoms with Crippen molar-refractivity contribution >= 4 is 0 Å². The van der Waals surface area contributed by atoms with Crippen LogP contribution < -0.4 is 0 Å². The molecule has 0 unspecified atom stereocenters. The highest BCUT2D eigenvalue weighted by Gasteiger charge is 2.69. The van der Waals surface area contributed by atoms with Gasteiger partial charge in [0.25, 0.3) is 0 Å². The number of hydrogen-bond acceptors (Lipinski definition) is 4. The van der Waals surface area contributed by atoms with E-state index in [1.807, 2.05) is 6.92 Å². The molecule has 0 aromatic rings. The molecule has 34 heavy (non-hydrogen) atoms. The third kappa shape index (κ3) is 2.98. The first-order valence-electron chi connectivity index (χ1n) is 14.0. The first kappa shape index (κ1) is 25.2. The van der Waals surface area contributed by atoms with Crippen LogP contribution in [-0.2, 0) is 0 Å². The molecule has 4 N–H and O–H groups in total. The molecule has 4 fully saturated rings. The summed E-state index contributed by atoms with van der Waals surface area (Å²) in [7, 11) is 0. The molecule has 0 saturated heterocycles. The summed E-state index contributed by atoms with van der Waals surface area (Å²) in [5, 5.41) is 43.0. The topological polar surface area (TPSA) is 80.9 Å². The minimum absolute atomic E-state index is 0.0474. The van der Waals surface area contributed by atoms with E-state index < -0.39 is 17.6 Å². The Kier molecular flexibility index (Phi) is 5.61. The molecule has 4 heteroatoms. The van der Waals surface area contributed by atoms with Crippen molar-refractivity contribution in [2.45, 2.75) is 112 Å². The number of aliphatic hydroxyl groups excluding tert-OH is 4. The maximum Gasteiger partial charge on any atom is 0.0877 e. The normalized spacial score (nSPS) is 56.4. The molecule has 0 aliphatic heterocycles. The summed E-state index contributed by atoms with van der Waals surface area (Å²) in [6.07, 6.45) is 10.4. The molecule has 0 radical (unpaired) electrons. The van der Waals surface area contributed by atoms with E-state index in [1.165, 1.54) is 12.8 Å². The smallest absolute Gasteiger partial charge is 0.0877 e. The van der Waals surface area contributed by atoms with Crippen molar-refractivity contribution in [1.82, 2.24) is 0 Å². The molecule has 194 valence electrons. The third-order valence-corrected chi connectivity index (χ3v) is 13.2. The Balaban J connectivity index is 1.59. The summed E-state index contributed by atoms with van der Waals surface area (Å²) >= 11 is 0. The number of hydrogen-bond donors (Lipinski definition) is 4. The lowest BCUT2D eigenvalue weighted by molar-refractivity contribution is -0.243. The van der Waals surface area contributed by atoms with Gasteiger partial charge in [0.2, 0.25) is 0 Å². The van der Waals surface area contributed by atoms with Gasteiger partial charge < -0.3 is 20.4 Å². The van der Waals surface area contributed by atoms with E-state index in [0.717, 1.165) is 38.5 Å². The second-order valence-corrected chi connectivity index (χ2v) is 15.1. The van der Waals surface area contributed by atoms with Crippen LogP contribution in [0.2, 0.25) is 0 Å². The molecule has 0 amide bonds. The fourth-order valence-corrected chi connectivity index (χ4v) is 10.8. The number of fused-ring (bicyclic) bond motifs is 7. The van der Waals surface area contributed by atoms with E-state index >= 15 is 0 Å². The summed E-state index contributed by atoms with van der Waals surface area (Å²) in [4.78, 5) is 0. The van der Waals surface area contributed by atoms with Gasteiger partial charge in [-0.3, -0.25) is 0 Å². The fourth-order valence-electron chi connectivity index (χ4n) is 10.8. The van der Waals surface area contributed by atoms with E-state index in [2.05, 4.69) is 40.7 Å². The van der Waals surface area contributed by atoms with Crippen LogP contribution in [0.25, 0.3) is 0 Å². The maximum absolute atomic E-state index is 11.0. The zero-order valence-electron chi connectivity index (χ0n) is 22.5. The maximum atomic E-state index is 11.0. The second kappa shape index (κ2) is 7.55. The molecular weight excluding hydrogens is 424 g/mol. The van der Waals surface area contributed by atoms with E-state index in [-0.39, 0.29) is 34.2 Å². The Morgan fingerprint density at radius 3 is 2.15 bits per heavy atom. The number of rotatable bonds is 2. The van der Waals surface area contributed by atoms with Crippen LogP contribution in [0.5, 0.6) is 0 Å². The molecule has 10 atom stereocenters. The molecule has 0 bridgehead atoms. The lowest BCUT2D eigenvalue weighted by atomic mass is 9.33. The fraction of sp³-hybridized carbons (Fsp3) is 0.933. The number of aliphatic hydroxyl groups is 4. The Bertz CT molecular complexity index is 866. The lowest BCUT2D eigenvalue weighted by Crippen LogP contribution is -2.68. The van der Waals surface area contributed by atoms with Crippen molar-refractivity contribution in [3.63, 3.8) is 0 Å². The van der Waals surface area contributed by atoms with Crippen LogP contribution in [0.1, 0.15) is 99.3 Å². The van der Waals surface area contributed by atoms with Crippen molar-refractivity contribution in [2.75, 3.05) is 13.2 Å². The highest BCUT2D eigenvalue weighted by Crippen LogP contribution is 2.75. The van der Waals surface area contributed by atoms with Crippen molar-refractivity contribution in [3.8, 4) is 0 Å². The quantitative estimate of drug-likeness (QED) is 0.421. The van der Waals surface area contributed by atoms with E-state index in [9.17, 15) is 20.4 Å². The van der Waals surface area contributed by atoms with Crippen LogP contribution >= 0.6 is 0 Å².